The van der Waals surface area contributed by atoms with Crippen molar-refractivity contribution in [2.45, 2.75) is 18.9 Å². The Morgan fingerprint density at radius 2 is 1.90 bits per heavy atom. The fraction of sp³-hybridized carbons (Fsp3) is 0.409. The number of thiophene rings is 1. The molecule has 1 aliphatic heterocycles. The van der Waals surface area contributed by atoms with E-state index in [0.29, 0.717) is 54.5 Å². The number of benzene rings is 1. The van der Waals surface area contributed by atoms with Crippen LogP contribution in [0, 0.1) is 5.92 Å². The van der Waals surface area contributed by atoms with E-state index in [1.165, 1.54) is 11.3 Å². The van der Waals surface area contributed by atoms with Gasteiger partial charge in [0.2, 0.25) is 5.91 Å². The molecule has 0 bridgehead atoms. The van der Waals surface area contributed by atoms with Gasteiger partial charge in [0, 0.05) is 37.3 Å². The number of carbonyl (C=O) groups is 3. The smallest absolute Gasteiger partial charge is 0.262 e. The van der Waals surface area contributed by atoms with E-state index < -0.39 is 6.04 Å². The van der Waals surface area contributed by atoms with E-state index in [1.807, 2.05) is 5.38 Å². The summed E-state index contributed by atoms with van der Waals surface area (Å²) in [6, 6.07) is 9.68. The molecule has 0 radical (unpaired) electrons. The van der Waals surface area contributed by atoms with Crippen LogP contribution >= 0.6 is 22.9 Å². The van der Waals surface area contributed by atoms with Crippen molar-refractivity contribution >= 4 is 40.7 Å². The molecule has 1 aromatic carbocycles. The third kappa shape index (κ3) is 6.29. The molecule has 166 valence electrons. The zero-order valence-corrected chi connectivity index (χ0v) is 18.9. The fourth-order valence-electron chi connectivity index (χ4n) is 3.61. The van der Waals surface area contributed by atoms with Gasteiger partial charge in [-0.25, -0.2) is 0 Å². The maximum Gasteiger partial charge on any atom is 0.262 e. The summed E-state index contributed by atoms with van der Waals surface area (Å²) in [6.07, 6.45) is 1.23. The van der Waals surface area contributed by atoms with Gasteiger partial charge in [0.15, 0.2) is 0 Å². The van der Waals surface area contributed by atoms with Crippen LogP contribution in [0.4, 0.5) is 0 Å². The lowest BCUT2D eigenvalue weighted by Gasteiger charge is -2.35. The topological polar surface area (TPSA) is 87.7 Å². The molecule has 0 spiro atoms. The molecule has 0 aliphatic carbocycles. The third-order valence-electron chi connectivity index (χ3n) is 5.31. The van der Waals surface area contributed by atoms with Gasteiger partial charge in [-0.3, -0.25) is 14.4 Å². The number of ether oxygens (including phenoxy) is 1. The van der Waals surface area contributed by atoms with Gasteiger partial charge in [-0.05, 0) is 54.5 Å². The number of halogens is 1. The minimum atomic E-state index is -0.667. The normalized spacial score (nSPS) is 15.4. The van der Waals surface area contributed by atoms with Crippen LogP contribution in [0.5, 0.6) is 0 Å². The molecule has 2 N–H and O–H groups in total. The number of hydrogen-bond donors (Lipinski definition) is 2. The van der Waals surface area contributed by atoms with Crippen LogP contribution in [0.3, 0.4) is 0 Å². The molecule has 2 heterocycles. The van der Waals surface area contributed by atoms with Crippen molar-refractivity contribution < 1.29 is 19.1 Å². The van der Waals surface area contributed by atoms with Crippen molar-refractivity contribution in [2.75, 3.05) is 33.4 Å². The molecule has 9 heteroatoms. The molecular weight excluding hydrogens is 438 g/mol. The summed E-state index contributed by atoms with van der Waals surface area (Å²) in [4.78, 5) is 40.5. The Kier molecular flexibility index (Phi) is 8.45. The average molecular weight is 464 g/mol. The monoisotopic (exact) mass is 463 g/mol. The molecule has 1 aromatic heterocycles. The molecule has 0 saturated carbocycles. The summed E-state index contributed by atoms with van der Waals surface area (Å²) in [7, 11) is 1.57. The van der Waals surface area contributed by atoms with Crippen molar-refractivity contribution in [1.29, 1.82) is 0 Å². The third-order valence-corrected chi connectivity index (χ3v) is 6.43. The Morgan fingerprint density at radius 3 is 2.52 bits per heavy atom. The van der Waals surface area contributed by atoms with Gasteiger partial charge >= 0.3 is 0 Å². The molecule has 31 heavy (non-hydrogen) atoms. The predicted molar refractivity (Wildman–Crippen MR) is 121 cm³/mol. The molecule has 1 saturated heterocycles. The Hall–Kier alpha value is -2.42. The first-order valence-corrected chi connectivity index (χ1v) is 11.4. The van der Waals surface area contributed by atoms with E-state index in [9.17, 15) is 14.4 Å². The van der Waals surface area contributed by atoms with Crippen molar-refractivity contribution in [3.63, 3.8) is 0 Å². The van der Waals surface area contributed by atoms with Crippen molar-refractivity contribution in [1.82, 2.24) is 15.5 Å². The van der Waals surface area contributed by atoms with E-state index >= 15 is 0 Å². The summed E-state index contributed by atoms with van der Waals surface area (Å²) in [5.41, 5.74) is 0.586. The van der Waals surface area contributed by atoms with Gasteiger partial charge in [0.25, 0.3) is 11.8 Å². The van der Waals surface area contributed by atoms with Gasteiger partial charge in [-0.15, -0.1) is 11.3 Å². The van der Waals surface area contributed by atoms with E-state index in [-0.39, 0.29) is 23.6 Å². The largest absolute Gasteiger partial charge is 0.383 e. The standard InChI is InChI=1S/C22H26ClN3O4S/c1-30-13-10-24-21(28)19(25-20(27)18-3-2-14-31-18)15-8-11-26(12-9-15)22(29)16-4-6-17(23)7-5-16/h2-7,14-15,19H,8-13H2,1H3,(H,24,28)(H,25,27)/t19-/m1/s1. The molecular formula is C22H26ClN3O4S. The predicted octanol–water partition coefficient (Wildman–Crippen LogP) is 2.81. The van der Waals surface area contributed by atoms with Crippen LogP contribution in [0.2, 0.25) is 5.02 Å². The number of rotatable bonds is 8. The van der Waals surface area contributed by atoms with Crippen LogP contribution in [-0.4, -0.2) is 62.0 Å². The highest BCUT2D eigenvalue weighted by Crippen LogP contribution is 2.23. The van der Waals surface area contributed by atoms with E-state index in [1.54, 1.807) is 48.4 Å². The van der Waals surface area contributed by atoms with Crippen LogP contribution in [0.15, 0.2) is 41.8 Å². The Labute approximate surface area is 190 Å². The van der Waals surface area contributed by atoms with Crippen LogP contribution in [0.25, 0.3) is 0 Å². The molecule has 1 atom stereocenters. The van der Waals surface area contributed by atoms with Gasteiger partial charge < -0.3 is 20.3 Å². The van der Waals surface area contributed by atoms with Gasteiger partial charge in [-0.2, -0.15) is 0 Å². The molecule has 1 aliphatic rings. The Balaban J connectivity index is 1.64. The first kappa shape index (κ1) is 23.2. The van der Waals surface area contributed by atoms with Gasteiger partial charge in [-0.1, -0.05) is 17.7 Å². The van der Waals surface area contributed by atoms with Crippen LogP contribution in [-0.2, 0) is 9.53 Å². The number of carbonyl (C=O) groups excluding carboxylic acids is 3. The molecule has 2 aromatic rings. The van der Waals surface area contributed by atoms with Crippen molar-refractivity contribution in [3.8, 4) is 0 Å². The number of nitrogens with zero attached hydrogens (tertiary/aromatic N) is 1. The minimum absolute atomic E-state index is 0.0566. The number of likely N-dealkylation sites (tertiary alicyclic amines) is 1. The van der Waals surface area contributed by atoms with Gasteiger partial charge in [0.1, 0.15) is 6.04 Å². The summed E-state index contributed by atoms with van der Waals surface area (Å²) in [5, 5.41) is 8.13. The first-order valence-electron chi connectivity index (χ1n) is 10.2. The second kappa shape index (κ2) is 11.3. The van der Waals surface area contributed by atoms with Gasteiger partial charge in [0.05, 0.1) is 11.5 Å². The van der Waals surface area contributed by atoms with Crippen molar-refractivity contribution in [3.05, 3.63) is 57.2 Å². The minimum Gasteiger partial charge on any atom is -0.383 e. The summed E-state index contributed by atoms with van der Waals surface area (Å²) >= 11 is 7.24. The van der Waals surface area contributed by atoms with Crippen molar-refractivity contribution in [2.24, 2.45) is 5.92 Å². The molecule has 1 fully saturated rings. The Bertz CT molecular complexity index is 881. The molecule has 3 amide bonds. The lowest BCUT2D eigenvalue weighted by atomic mass is 9.88. The summed E-state index contributed by atoms with van der Waals surface area (Å²) in [5.74, 6) is -0.620. The van der Waals surface area contributed by atoms with E-state index in [4.69, 9.17) is 16.3 Å². The SMILES string of the molecule is COCCNC(=O)[C@H](NC(=O)c1cccs1)C1CCN(C(=O)c2ccc(Cl)cc2)CC1. The average Bonchev–Trinajstić information content (AvgIpc) is 3.33. The highest BCUT2D eigenvalue weighted by Gasteiger charge is 2.34. The number of nitrogens with one attached hydrogen (secondary N) is 2. The summed E-state index contributed by atoms with van der Waals surface area (Å²) < 4.78 is 4.99. The van der Waals surface area contributed by atoms with E-state index in [2.05, 4.69) is 10.6 Å². The molecule has 0 unspecified atom stereocenters. The number of hydrogen-bond acceptors (Lipinski definition) is 5. The lowest BCUT2D eigenvalue weighted by Crippen LogP contribution is -2.54. The molecule has 7 nitrogen and oxygen atoms in total. The van der Waals surface area contributed by atoms with Crippen LogP contribution < -0.4 is 10.6 Å². The number of amides is 3. The van der Waals surface area contributed by atoms with Crippen LogP contribution in [0.1, 0.15) is 32.9 Å². The highest BCUT2D eigenvalue weighted by molar-refractivity contribution is 7.12. The highest BCUT2D eigenvalue weighted by atomic mass is 35.5. The lowest BCUT2D eigenvalue weighted by molar-refractivity contribution is -0.124. The quantitative estimate of drug-likeness (QED) is 0.589. The zero-order valence-electron chi connectivity index (χ0n) is 17.3. The van der Waals surface area contributed by atoms with E-state index in [0.717, 1.165) is 0 Å². The first-order chi connectivity index (χ1) is 15.0. The second-order valence-corrected chi connectivity index (χ2v) is 8.73. The molecule has 3 rings (SSSR count). The zero-order chi connectivity index (χ0) is 22.2. The second-order valence-electron chi connectivity index (χ2n) is 7.35. The number of piperidine rings is 1. The number of methoxy groups -OCH3 is 1. The maximum atomic E-state index is 12.8. The maximum absolute atomic E-state index is 12.8. The summed E-state index contributed by atoms with van der Waals surface area (Å²) in [6.45, 7) is 1.80. The fourth-order valence-corrected chi connectivity index (χ4v) is 4.37. The Morgan fingerprint density at radius 1 is 1.19 bits per heavy atom.